The molecule has 1 atom stereocenters. The molecule has 0 spiro atoms. The van der Waals surface area contributed by atoms with Crippen molar-refractivity contribution >= 4 is 23.1 Å². The predicted molar refractivity (Wildman–Crippen MR) is 144 cm³/mol. The van der Waals surface area contributed by atoms with Crippen molar-refractivity contribution in [1.29, 1.82) is 0 Å². The molecule has 0 aliphatic carbocycles. The number of aryl methyl sites for hydroxylation is 1. The van der Waals surface area contributed by atoms with Crippen LogP contribution in [0.4, 0.5) is 5.69 Å². The monoisotopic (exact) mass is 500 g/mol. The van der Waals surface area contributed by atoms with Gasteiger partial charge in [0.15, 0.2) is 0 Å². The van der Waals surface area contributed by atoms with E-state index in [0.29, 0.717) is 17.9 Å². The summed E-state index contributed by atoms with van der Waals surface area (Å²) in [6, 6.07) is 19.5. The van der Waals surface area contributed by atoms with E-state index in [1.54, 1.807) is 25.3 Å². The largest absolute Gasteiger partial charge is 0.507 e. The number of amides is 1. The smallest absolute Gasteiger partial charge is 0.295 e. The zero-order valence-corrected chi connectivity index (χ0v) is 21.8. The first-order valence-corrected chi connectivity index (χ1v) is 12.2. The van der Waals surface area contributed by atoms with Gasteiger partial charge in [-0.05, 0) is 73.0 Å². The zero-order valence-electron chi connectivity index (χ0n) is 21.8. The van der Waals surface area contributed by atoms with Gasteiger partial charge in [0.05, 0.1) is 25.3 Å². The molecule has 0 saturated carbocycles. The summed E-state index contributed by atoms with van der Waals surface area (Å²) in [5, 5.41) is 11.4. The first-order chi connectivity index (χ1) is 17.7. The quantitative estimate of drug-likeness (QED) is 0.264. The van der Waals surface area contributed by atoms with Gasteiger partial charge in [-0.2, -0.15) is 0 Å². The van der Waals surface area contributed by atoms with E-state index in [9.17, 15) is 14.7 Å². The van der Waals surface area contributed by atoms with Crippen LogP contribution in [0.2, 0.25) is 0 Å². The second-order valence-electron chi connectivity index (χ2n) is 9.17. The van der Waals surface area contributed by atoms with E-state index in [-0.39, 0.29) is 17.9 Å². The molecule has 1 heterocycles. The molecule has 1 amide bonds. The maximum atomic E-state index is 13.4. The number of rotatable bonds is 8. The second kappa shape index (κ2) is 10.8. The Morgan fingerprint density at radius 2 is 1.68 bits per heavy atom. The highest BCUT2D eigenvalue weighted by Crippen LogP contribution is 2.41. The van der Waals surface area contributed by atoms with Gasteiger partial charge >= 0.3 is 0 Å². The van der Waals surface area contributed by atoms with Gasteiger partial charge in [0.1, 0.15) is 17.3 Å². The number of benzene rings is 3. The highest BCUT2D eigenvalue weighted by Gasteiger charge is 2.46. The van der Waals surface area contributed by atoms with Crippen molar-refractivity contribution in [3.05, 3.63) is 94.6 Å². The fourth-order valence-electron chi connectivity index (χ4n) is 4.58. The Bertz CT molecular complexity index is 1330. The van der Waals surface area contributed by atoms with E-state index in [2.05, 4.69) is 0 Å². The SMILES string of the molecule is CCOc1ccc(CN2C(=O)C(=O)/C(=C(\O)c3ccc(OC)c(C)c3)C2c2ccc(N(C)C)cc2)cc1. The van der Waals surface area contributed by atoms with Crippen LogP contribution in [0, 0.1) is 6.92 Å². The molecule has 4 rings (SSSR count). The van der Waals surface area contributed by atoms with E-state index >= 15 is 0 Å². The summed E-state index contributed by atoms with van der Waals surface area (Å²) in [6.07, 6.45) is 0. The van der Waals surface area contributed by atoms with Crippen molar-refractivity contribution in [3.63, 3.8) is 0 Å². The van der Waals surface area contributed by atoms with Crippen LogP contribution < -0.4 is 14.4 Å². The van der Waals surface area contributed by atoms with Crippen LogP contribution >= 0.6 is 0 Å². The molecule has 7 nitrogen and oxygen atoms in total. The summed E-state index contributed by atoms with van der Waals surface area (Å²) in [5.41, 5.74) is 3.90. The minimum Gasteiger partial charge on any atom is -0.507 e. The van der Waals surface area contributed by atoms with Gasteiger partial charge in [-0.1, -0.05) is 24.3 Å². The van der Waals surface area contributed by atoms with Crippen molar-refractivity contribution in [3.8, 4) is 11.5 Å². The molecule has 1 saturated heterocycles. The van der Waals surface area contributed by atoms with Gasteiger partial charge in [-0.15, -0.1) is 0 Å². The maximum Gasteiger partial charge on any atom is 0.295 e. The molecule has 37 heavy (non-hydrogen) atoms. The highest BCUT2D eigenvalue weighted by atomic mass is 16.5. The average Bonchev–Trinajstić information content (AvgIpc) is 3.14. The Labute approximate surface area is 217 Å². The van der Waals surface area contributed by atoms with Gasteiger partial charge in [-0.25, -0.2) is 0 Å². The number of methoxy groups -OCH3 is 1. The third-order valence-corrected chi connectivity index (χ3v) is 6.52. The molecule has 1 unspecified atom stereocenters. The lowest BCUT2D eigenvalue weighted by Gasteiger charge is -2.26. The molecular formula is C30H32N2O5. The Balaban J connectivity index is 1.81. The fraction of sp³-hybridized carbons (Fsp3) is 0.267. The lowest BCUT2D eigenvalue weighted by molar-refractivity contribution is -0.140. The highest BCUT2D eigenvalue weighted by molar-refractivity contribution is 6.46. The van der Waals surface area contributed by atoms with E-state index in [1.807, 2.05) is 81.4 Å². The summed E-state index contributed by atoms with van der Waals surface area (Å²) in [7, 11) is 5.46. The number of carbonyl (C=O) groups is 2. The van der Waals surface area contributed by atoms with Crippen LogP contribution in [0.5, 0.6) is 11.5 Å². The Morgan fingerprint density at radius 3 is 2.24 bits per heavy atom. The minimum atomic E-state index is -0.745. The van der Waals surface area contributed by atoms with Gasteiger partial charge in [0.25, 0.3) is 11.7 Å². The Morgan fingerprint density at radius 1 is 1.00 bits per heavy atom. The molecular weight excluding hydrogens is 468 g/mol. The lowest BCUT2D eigenvalue weighted by atomic mass is 9.94. The number of ketones is 1. The van der Waals surface area contributed by atoms with E-state index in [0.717, 1.165) is 28.1 Å². The van der Waals surface area contributed by atoms with Crippen LogP contribution in [-0.2, 0) is 16.1 Å². The van der Waals surface area contributed by atoms with Gasteiger partial charge in [-0.3, -0.25) is 9.59 Å². The Hall–Kier alpha value is -4.26. The molecule has 7 heteroatoms. The number of Topliss-reactive ketones (excluding diaryl/α,β-unsaturated/α-hetero) is 1. The number of carbonyl (C=O) groups excluding carboxylic acids is 2. The average molecular weight is 501 g/mol. The second-order valence-corrected chi connectivity index (χ2v) is 9.17. The normalized spacial score (nSPS) is 16.7. The van der Waals surface area contributed by atoms with Crippen LogP contribution in [0.1, 0.15) is 35.2 Å². The summed E-state index contributed by atoms with van der Waals surface area (Å²) in [6.45, 7) is 4.54. The molecule has 192 valence electrons. The van der Waals surface area contributed by atoms with Gasteiger partial charge in [0, 0.05) is 31.9 Å². The van der Waals surface area contributed by atoms with Crippen LogP contribution in [-0.4, -0.2) is 49.5 Å². The summed E-state index contributed by atoms with van der Waals surface area (Å²) in [5.74, 6) is -0.164. The number of hydrogen-bond acceptors (Lipinski definition) is 6. The van der Waals surface area contributed by atoms with E-state index in [1.165, 1.54) is 4.90 Å². The van der Waals surface area contributed by atoms with Crippen molar-refractivity contribution in [2.24, 2.45) is 0 Å². The van der Waals surface area contributed by atoms with Crippen molar-refractivity contribution in [2.45, 2.75) is 26.4 Å². The zero-order chi connectivity index (χ0) is 26.7. The first kappa shape index (κ1) is 25.8. The topological polar surface area (TPSA) is 79.3 Å². The number of hydrogen-bond donors (Lipinski definition) is 1. The molecule has 1 N–H and O–H groups in total. The minimum absolute atomic E-state index is 0.0677. The fourth-order valence-corrected chi connectivity index (χ4v) is 4.58. The number of anilines is 1. The molecule has 1 fully saturated rings. The van der Waals surface area contributed by atoms with E-state index in [4.69, 9.17) is 9.47 Å². The molecule has 3 aromatic carbocycles. The van der Waals surface area contributed by atoms with Crippen LogP contribution in [0.3, 0.4) is 0 Å². The molecule has 0 bridgehead atoms. The summed E-state index contributed by atoms with van der Waals surface area (Å²) < 4.78 is 10.9. The van der Waals surface area contributed by atoms with Gasteiger partial charge < -0.3 is 24.4 Å². The van der Waals surface area contributed by atoms with Crippen LogP contribution in [0.15, 0.2) is 72.3 Å². The maximum absolute atomic E-state index is 13.4. The van der Waals surface area contributed by atoms with Crippen molar-refractivity contribution in [1.82, 2.24) is 4.90 Å². The molecule has 0 radical (unpaired) electrons. The number of aliphatic hydroxyl groups excluding tert-OH is 1. The number of ether oxygens (including phenoxy) is 2. The third kappa shape index (κ3) is 5.16. The first-order valence-electron chi connectivity index (χ1n) is 12.2. The summed E-state index contributed by atoms with van der Waals surface area (Å²) in [4.78, 5) is 30.2. The standard InChI is InChI=1S/C30H32N2O5/c1-6-37-24-14-7-20(8-15-24)18-32-27(21-9-12-23(13-10-21)31(3)4)26(29(34)30(32)35)28(33)22-11-16-25(36-5)19(2)17-22/h7-17,27,33H,6,18H2,1-5H3/b28-26-. The number of nitrogens with zero attached hydrogens (tertiary/aromatic N) is 2. The molecule has 1 aliphatic heterocycles. The van der Waals surface area contributed by atoms with Gasteiger partial charge in [0.2, 0.25) is 0 Å². The molecule has 3 aromatic rings. The lowest BCUT2D eigenvalue weighted by Crippen LogP contribution is -2.29. The van der Waals surface area contributed by atoms with E-state index < -0.39 is 17.7 Å². The van der Waals surface area contributed by atoms with Crippen LogP contribution in [0.25, 0.3) is 5.76 Å². The summed E-state index contributed by atoms with van der Waals surface area (Å²) >= 11 is 0. The Kier molecular flexibility index (Phi) is 7.53. The number of aliphatic hydroxyl groups is 1. The predicted octanol–water partition coefficient (Wildman–Crippen LogP) is 5.09. The third-order valence-electron chi connectivity index (χ3n) is 6.52. The van der Waals surface area contributed by atoms with Crippen molar-refractivity contribution in [2.75, 3.05) is 32.7 Å². The molecule has 1 aliphatic rings. The number of likely N-dealkylation sites (tertiary alicyclic amines) is 1. The van der Waals surface area contributed by atoms with Crippen molar-refractivity contribution < 1.29 is 24.2 Å². The molecule has 0 aromatic heterocycles.